The van der Waals surface area contributed by atoms with Gasteiger partial charge in [0.2, 0.25) is 0 Å². The molecule has 0 aliphatic carbocycles. The molecule has 0 amide bonds. The van der Waals surface area contributed by atoms with Crippen molar-refractivity contribution in [1.82, 2.24) is 0 Å². The summed E-state index contributed by atoms with van der Waals surface area (Å²) < 4.78 is 0. The standard InChI is InChI=1S/C12H14OS/c1-2-3-11(13)9-4-5-12-10(8-9)6-7-14-12/h4-5,8H,2-3,6-7H2,1H3. The highest BCUT2D eigenvalue weighted by Crippen LogP contribution is 2.31. The predicted molar refractivity (Wildman–Crippen MR) is 60.1 cm³/mol. The Balaban J connectivity index is 2.24. The van der Waals surface area contributed by atoms with E-state index < -0.39 is 0 Å². The highest BCUT2D eigenvalue weighted by molar-refractivity contribution is 7.99. The van der Waals surface area contributed by atoms with E-state index in [2.05, 4.69) is 12.1 Å². The van der Waals surface area contributed by atoms with Crippen molar-refractivity contribution >= 4 is 17.5 Å². The van der Waals surface area contributed by atoms with E-state index in [0.717, 1.165) is 18.4 Å². The van der Waals surface area contributed by atoms with Crippen LogP contribution in [0.15, 0.2) is 23.1 Å². The van der Waals surface area contributed by atoms with Crippen molar-refractivity contribution in [2.24, 2.45) is 0 Å². The van der Waals surface area contributed by atoms with Gasteiger partial charge in [-0.1, -0.05) is 13.0 Å². The van der Waals surface area contributed by atoms with Crippen LogP contribution in [0, 0.1) is 0 Å². The van der Waals surface area contributed by atoms with E-state index in [0.29, 0.717) is 6.42 Å². The molecule has 0 fully saturated rings. The normalized spacial score (nSPS) is 14.1. The van der Waals surface area contributed by atoms with Crippen LogP contribution in [-0.4, -0.2) is 11.5 Å². The van der Waals surface area contributed by atoms with Crippen LogP contribution in [0.25, 0.3) is 0 Å². The molecule has 0 spiro atoms. The third-order valence-electron chi connectivity index (χ3n) is 2.49. The van der Waals surface area contributed by atoms with Crippen LogP contribution in [0.5, 0.6) is 0 Å². The zero-order valence-electron chi connectivity index (χ0n) is 8.38. The fourth-order valence-electron chi connectivity index (χ4n) is 1.73. The number of hydrogen-bond acceptors (Lipinski definition) is 2. The smallest absolute Gasteiger partial charge is 0.162 e. The van der Waals surface area contributed by atoms with Crippen LogP contribution in [0.1, 0.15) is 35.7 Å². The second kappa shape index (κ2) is 4.18. The Labute approximate surface area is 88.9 Å². The van der Waals surface area contributed by atoms with Gasteiger partial charge >= 0.3 is 0 Å². The van der Waals surface area contributed by atoms with Gasteiger partial charge in [-0.05, 0) is 30.5 Å². The van der Waals surface area contributed by atoms with Crippen LogP contribution in [-0.2, 0) is 6.42 Å². The van der Waals surface area contributed by atoms with Gasteiger partial charge < -0.3 is 0 Å². The molecule has 1 heterocycles. The van der Waals surface area contributed by atoms with Crippen molar-refractivity contribution in [3.8, 4) is 0 Å². The second-order valence-corrected chi connectivity index (χ2v) is 4.73. The molecule has 74 valence electrons. The summed E-state index contributed by atoms with van der Waals surface area (Å²) in [5.41, 5.74) is 2.25. The summed E-state index contributed by atoms with van der Waals surface area (Å²) >= 11 is 1.89. The molecule has 1 nitrogen and oxygen atoms in total. The number of benzene rings is 1. The molecule has 1 aromatic carbocycles. The molecule has 0 aromatic heterocycles. The third kappa shape index (κ3) is 1.85. The summed E-state index contributed by atoms with van der Waals surface area (Å²) in [6.45, 7) is 2.04. The first kappa shape index (κ1) is 9.78. The number of rotatable bonds is 3. The molecule has 2 heteroatoms. The minimum absolute atomic E-state index is 0.284. The molecule has 0 bridgehead atoms. The van der Waals surface area contributed by atoms with Crippen molar-refractivity contribution in [2.45, 2.75) is 31.1 Å². The fraction of sp³-hybridized carbons (Fsp3) is 0.417. The van der Waals surface area contributed by atoms with E-state index in [9.17, 15) is 4.79 Å². The molecule has 1 aromatic rings. The van der Waals surface area contributed by atoms with Gasteiger partial charge in [-0.3, -0.25) is 4.79 Å². The number of hydrogen-bond donors (Lipinski definition) is 0. The van der Waals surface area contributed by atoms with Crippen molar-refractivity contribution in [3.05, 3.63) is 29.3 Å². The lowest BCUT2D eigenvalue weighted by Gasteiger charge is -2.02. The first-order valence-corrected chi connectivity index (χ1v) is 6.08. The van der Waals surface area contributed by atoms with Crippen LogP contribution in [0.2, 0.25) is 0 Å². The molecule has 0 saturated heterocycles. The largest absolute Gasteiger partial charge is 0.294 e. The maximum Gasteiger partial charge on any atom is 0.162 e. The summed E-state index contributed by atoms with van der Waals surface area (Å²) in [7, 11) is 0. The van der Waals surface area contributed by atoms with Gasteiger partial charge in [-0.15, -0.1) is 11.8 Å². The van der Waals surface area contributed by atoms with E-state index in [4.69, 9.17) is 0 Å². The molecular weight excluding hydrogens is 192 g/mol. The highest BCUT2D eigenvalue weighted by Gasteiger charge is 2.13. The second-order valence-electron chi connectivity index (χ2n) is 3.59. The van der Waals surface area contributed by atoms with Crippen LogP contribution < -0.4 is 0 Å². The van der Waals surface area contributed by atoms with Crippen LogP contribution >= 0.6 is 11.8 Å². The summed E-state index contributed by atoms with van der Waals surface area (Å²) in [5, 5.41) is 0. The lowest BCUT2D eigenvalue weighted by Crippen LogP contribution is -1.98. The van der Waals surface area contributed by atoms with Crippen molar-refractivity contribution in [3.63, 3.8) is 0 Å². The Morgan fingerprint density at radius 1 is 1.50 bits per heavy atom. The summed E-state index contributed by atoms with van der Waals surface area (Å²) in [4.78, 5) is 13.0. The molecule has 2 rings (SSSR count). The Morgan fingerprint density at radius 2 is 2.36 bits per heavy atom. The van der Waals surface area contributed by atoms with Crippen molar-refractivity contribution in [2.75, 3.05) is 5.75 Å². The molecule has 1 aliphatic rings. The van der Waals surface area contributed by atoms with E-state index in [1.807, 2.05) is 24.8 Å². The van der Waals surface area contributed by atoms with Crippen molar-refractivity contribution < 1.29 is 4.79 Å². The van der Waals surface area contributed by atoms with Gasteiger partial charge in [0.1, 0.15) is 0 Å². The van der Waals surface area contributed by atoms with Crippen LogP contribution in [0.3, 0.4) is 0 Å². The molecule has 0 atom stereocenters. The molecule has 1 aliphatic heterocycles. The Kier molecular flexibility index (Phi) is 2.92. The van der Waals surface area contributed by atoms with Gasteiger partial charge in [0.05, 0.1) is 0 Å². The topological polar surface area (TPSA) is 17.1 Å². The molecule has 14 heavy (non-hydrogen) atoms. The van der Waals surface area contributed by atoms with Gasteiger partial charge in [-0.25, -0.2) is 0 Å². The molecular formula is C12H14OS. The van der Waals surface area contributed by atoms with E-state index >= 15 is 0 Å². The number of ketones is 1. The first-order valence-electron chi connectivity index (χ1n) is 5.10. The number of carbonyl (C=O) groups excluding carboxylic acids is 1. The monoisotopic (exact) mass is 206 g/mol. The summed E-state index contributed by atoms with van der Waals surface area (Å²) in [6, 6.07) is 6.14. The summed E-state index contributed by atoms with van der Waals surface area (Å²) in [6.07, 6.45) is 2.73. The first-order chi connectivity index (χ1) is 6.81. The van der Waals surface area contributed by atoms with E-state index in [-0.39, 0.29) is 5.78 Å². The number of carbonyl (C=O) groups is 1. The van der Waals surface area contributed by atoms with Gasteiger partial charge in [0, 0.05) is 22.6 Å². The zero-order valence-corrected chi connectivity index (χ0v) is 9.19. The van der Waals surface area contributed by atoms with Gasteiger partial charge in [-0.2, -0.15) is 0 Å². The SMILES string of the molecule is CCCC(=O)c1ccc2c(c1)CCS2. The molecule has 0 N–H and O–H groups in total. The Hall–Kier alpha value is -0.760. The predicted octanol–water partition coefficient (Wildman–Crippen LogP) is 3.32. The zero-order chi connectivity index (χ0) is 9.97. The Morgan fingerprint density at radius 3 is 3.14 bits per heavy atom. The average molecular weight is 206 g/mol. The molecule has 0 radical (unpaired) electrons. The number of Topliss-reactive ketones (excluding diaryl/α,β-unsaturated/α-hetero) is 1. The summed E-state index contributed by atoms with van der Waals surface area (Å²) in [5.74, 6) is 1.45. The third-order valence-corrected chi connectivity index (χ3v) is 3.61. The fourth-order valence-corrected chi connectivity index (χ4v) is 2.78. The maximum absolute atomic E-state index is 11.6. The Bertz CT molecular complexity index is 357. The number of fused-ring (bicyclic) bond motifs is 1. The minimum atomic E-state index is 0.284. The van der Waals surface area contributed by atoms with Crippen molar-refractivity contribution in [1.29, 1.82) is 0 Å². The van der Waals surface area contributed by atoms with Crippen LogP contribution in [0.4, 0.5) is 0 Å². The maximum atomic E-state index is 11.6. The lowest BCUT2D eigenvalue weighted by molar-refractivity contribution is 0.0981. The van der Waals surface area contributed by atoms with Gasteiger partial charge in [0.15, 0.2) is 5.78 Å². The molecule has 0 unspecified atom stereocenters. The minimum Gasteiger partial charge on any atom is -0.294 e. The van der Waals surface area contributed by atoms with E-state index in [1.54, 1.807) is 0 Å². The van der Waals surface area contributed by atoms with Gasteiger partial charge in [0.25, 0.3) is 0 Å². The highest BCUT2D eigenvalue weighted by atomic mass is 32.2. The van der Waals surface area contributed by atoms with E-state index in [1.165, 1.54) is 16.2 Å². The lowest BCUT2D eigenvalue weighted by atomic mass is 10.0. The quantitative estimate of drug-likeness (QED) is 0.706. The molecule has 0 saturated carbocycles. The number of thioether (sulfide) groups is 1. The number of aryl methyl sites for hydroxylation is 1. The average Bonchev–Trinajstić information content (AvgIpc) is 2.64.